The fraction of sp³-hybridized carbons (Fsp3) is 0.0526. The minimum absolute atomic E-state index is 0.272. The smallest absolute Gasteiger partial charge is 0.166 e. The molecule has 3 aromatic carbocycles. The van der Waals surface area contributed by atoms with Crippen LogP contribution < -0.4 is 4.74 Å². The summed E-state index contributed by atoms with van der Waals surface area (Å²) in [7, 11) is 1.19. The molecule has 0 fully saturated rings. The van der Waals surface area contributed by atoms with Gasteiger partial charge in [-0.3, -0.25) is 0 Å². The van der Waals surface area contributed by atoms with Gasteiger partial charge in [0.15, 0.2) is 14.7 Å². The first-order chi connectivity index (χ1) is 11.2. The van der Waals surface area contributed by atoms with E-state index >= 15 is 0 Å². The van der Waals surface area contributed by atoms with Crippen molar-refractivity contribution in [3.8, 4) is 5.75 Å². The summed E-state index contributed by atoms with van der Waals surface area (Å²) in [5.41, 5.74) is 0. The van der Waals surface area contributed by atoms with Gasteiger partial charge in [0.25, 0.3) is 0 Å². The van der Waals surface area contributed by atoms with Gasteiger partial charge in [-0.05, 0) is 72.8 Å². The molecule has 0 aromatic heterocycles. The molecule has 0 aliphatic carbocycles. The zero-order valence-electron chi connectivity index (χ0n) is 12.5. The summed E-state index contributed by atoms with van der Waals surface area (Å²) in [6.45, 7) is 0. The van der Waals surface area contributed by atoms with Gasteiger partial charge in [0, 0.05) is 0 Å². The Bertz CT molecular complexity index is 722. The van der Waals surface area contributed by atoms with E-state index in [1.165, 1.54) is 24.3 Å². The molecule has 0 saturated carbocycles. The number of ether oxygens (including phenoxy) is 1. The minimum atomic E-state index is -0.430. The molecule has 0 bridgehead atoms. The van der Waals surface area contributed by atoms with Crippen LogP contribution in [0.25, 0.3) is 0 Å². The lowest BCUT2D eigenvalue weighted by atomic mass is 10.3. The molecule has 0 aliphatic heterocycles. The van der Waals surface area contributed by atoms with E-state index in [2.05, 4.69) is 0 Å². The van der Waals surface area contributed by atoms with Gasteiger partial charge in [-0.2, -0.15) is 0 Å². The molecule has 0 aliphatic rings. The molecule has 0 radical (unpaired) electrons. The maximum Gasteiger partial charge on any atom is 0.166 e. The molecule has 0 spiro atoms. The first-order valence-electron chi connectivity index (χ1n) is 7.07. The van der Waals surface area contributed by atoms with Crippen LogP contribution in [0.4, 0.5) is 8.78 Å². The second kappa shape index (κ2) is 6.84. The van der Waals surface area contributed by atoms with Gasteiger partial charge in [0.05, 0.1) is 18.0 Å². The highest BCUT2D eigenvalue weighted by Gasteiger charge is 2.28. The zero-order chi connectivity index (χ0) is 16.2. The second-order valence-corrected chi connectivity index (χ2v) is 6.92. The summed E-state index contributed by atoms with van der Waals surface area (Å²) in [5, 5.41) is 0. The molecule has 0 atom stereocenters. The van der Waals surface area contributed by atoms with Crippen molar-refractivity contribution in [2.75, 3.05) is 7.11 Å². The molecule has 1 nitrogen and oxygen atoms in total. The Morgan fingerprint density at radius 1 is 0.609 bits per heavy atom. The van der Waals surface area contributed by atoms with Crippen molar-refractivity contribution >= 4 is 10.9 Å². The third-order valence-corrected chi connectivity index (χ3v) is 5.62. The van der Waals surface area contributed by atoms with Crippen LogP contribution in [-0.2, 0) is 10.9 Å². The third kappa shape index (κ3) is 3.54. The fourth-order valence-corrected chi connectivity index (χ4v) is 4.30. The molecular weight excluding hydrogens is 314 g/mol. The van der Waals surface area contributed by atoms with Crippen LogP contribution in [0.1, 0.15) is 0 Å². The zero-order valence-corrected chi connectivity index (χ0v) is 13.3. The SMILES string of the molecule is COc1ccc([S+](c2ccc(F)cc2)c2ccc(F)cc2)cc1. The molecule has 116 valence electrons. The highest BCUT2D eigenvalue weighted by molar-refractivity contribution is 7.97. The number of rotatable bonds is 4. The average molecular weight is 329 g/mol. The molecule has 3 rings (SSSR count). The monoisotopic (exact) mass is 329 g/mol. The summed E-state index contributed by atoms with van der Waals surface area (Å²) in [4.78, 5) is 3.01. The minimum Gasteiger partial charge on any atom is -0.497 e. The molecule has 0 N–H and O–H groups in total. The highest BCUT2D eigenvalue weighted by atomic mass is 32.2. The summed E-state index contributed by atoms with van der Waals surface area (Å²) < 4.78 is 31.7. The third-order valence-electron chi connectivity index (χ3n) is 3.39. The lowest BCUT2D eigenvalue weighted by Crippen LogP contribution is -2.05. The van der Waals surface area contributed by atoms with E-state index in [-0.39, 0.29) is 11.6 Å². The summed E-state index contributed by atoms with van der Waals surface area (Å²) >= 11 is 0. The number of halogens is 2. The summed E-state index contributed by atoms with van der Waals surface area (Å²) in [6.07, 6.45) is 0. The predicted octanol–water partition coefficient (Wildman–Crippen LogP) is 5.07. The summed E-state index contributed by atoms with van der Waals surface area (Å²) in [6, 6.07) is 20.6. The van der Waals surface area contributed by atoms with Crippen LogP contribution in [0.3, 0.4) is 0 Å². The Hall–Kier alpha value is -2.33. The molecule has 4 heteroatoms. The second-order valence-electron chi connectivity index (χ2n) is 4.89. The van der Waals surface area contributed by atoms with E-state index < -0.39 is 10.9 Å². The molecule has 0 heterocycles. The van der Waals surface area contributed by atoms with Gasteiger partial charge in [-0.15, -0.1) is 0 Å². The average Bonchev–Trinajstić information content (AvgIpc) is 2.59. The van der Waals surface area contributed by atoms with Crippen LogP contribution in [0.2, 0.25) is 0 Å². The molecule has 3 aromatic rings. The lowest BCUT2D eigenvalue weighted by molar-refractivity contribution is 0.414. The topological polar surface area (TPSA) is 9.23 Å². The normalized spacial score (nSPS) is 10.8. The van der Waals surface area contributed by atoms with Crippen molar-refractivity contribution in [3.63, 3.8) is 0 Å². The van der Waals surface area contributed by atoms with Gasteiger partial charge in [0.2, 0.25) is 0 Å². The van der Waals surface area contributed by atoms with E-state index in [9.17, 15) is 8.78 Å². The van der Waals surface area contributed by atoms with Crippen molar-refractivity contribution in [2.45, 2.75) is 14.7 Å². The van der Waals surface area contributed by atoms with Crippen molar-refractivity contribution in [1.29, 1.82) is 0 Å². The number of hydrogen-bond donors (Lipinski definition) is 0. The Balaban J connectivity index is 2.08. The van der Waals surface area contributed by atoms with Crippen molar-refractivity contribution in [3.05, 3.63) is 84.4 Å². The van der Waals surface area contributed by atoms with E-state index in [0.717, 1.165) is 20.4 Å². The maximum absolute atomic E-state index is 13.2. The van der Waals surface area contributed by atoms with Crippen molar-refractivity contribution in [1.82, 2.24) is 0 Å². The van der Waals surface area contributed by atoms with Gasteiger partial charge >= 0.3 is 0 Å². The Labute approximate surface area is 136 Å². The van der Waals surface area contributed by atoms with Crippen molar-refractivity contribution < 1.29 is 13.5 Å². The van der Waals surface area contributed by atoms with Gasteiger partial charge in [-0.1, -0.05) is 0 Å². The molecular formula is C19H15F2OS+. The fourth-order valence-electron chi connectivity index (χ4n) is 2.26. The van der Waals surface area contributed by atoms with E-state index in [4.69, 9.17) is 4.74 Å². The highest BCUT2D eigenvalue weighted by Crippen LogP contribution is 2.32. The first-order valence-corrected chi connectivity index (χ1v) is 8.29. The quantitative estimate of drug-likeness (QED) is 0.607. The standard InChI is InChI=1S/C19H15F2OS/c1-22-16-6-12-19(13-7-16)23(17-8-2-14(20)3-9-17)18-10-4-15(21)5-11-18/h2-13H,1H3/q+1. The van der Waals surface area contributed by atoms with E-state index in [1.54, 1.807) is 31.4 Å². The van der Waals surface area contributed by atoms with Gasteiger partial charge < -0.3 is 4.74 Å². The molecule has 0 unspecified atom stereocenters. The van der Waals surface area contributed by atoms with Crippen LogP contribution in [0, 0.1) is 11.6 Å². The Morgan fingerprint density at radius 2 is 0.957 bits per heavy atom. The summed E-state index contributed by atoms with van der Waals surface area (Å²) in [5.74, 6) is 0.229. The van der Waals surface area contributed by atoms with E-state index in [1.807, 2.05) is 24.3 Å². The lowest BCUT2D eigenvalue weighted by Gasteiger charge is -2.08. The Morgan fingerprint density at radius 3 is 1.30 bits per heavy atom. The van der Waals surface area contributed by atoms with Crippen LogP contribution in [-0.4, -0.2) is 7.11 Å². The van der Waals surface area contributed by atoms with Gasteiger partial charge in [-0.25, -0.2) is 8.78 Å². The molecule has 0 amide bonds. The Kier molecular flexibility index (Phi) is 4.63. The largest absolute Gasteiger partial charge is 0.497 e. The number of methoxy groups -OCH3 is 1. The predicted molar refractivity (Wildman–Crippen MR) is 88.0 cm³/mol. The van der Waals surface area contributed by atoms with Crippen molar-refractivity contribution in [2.24, 2.45) is 0 Å². The van der Waals surface area contributed by atoms with Gasteiger partial charge in [0.1, 0.15) is 17.4 Å². The van der Waals surface area contributed by atoms with Crippen LogP contribution >= 0.6 is 0 Å². The van der Waals surface area contributed by atoms with Crippen LogP contribution in [0.15, 0.2) is 87.5 Å². The molecule has 0 saturated heterocycles. The number of benzene rings is 3. The maximum atomic E-state index is 13.2. The van der Waals surface area contributed by atoms with E-state index in [0.29, 0.717) is 0 Å². The number of hydrogen-bond acceptors (Lipinski definition) is 1. The molecule has 23 heavy (non-hydrogen) atoms. The van der Waals surface area contributed by atoms with Crippen LogP contribution in [0.5, 0.6) is 5.75 Å². The first kappa shape index (κ1) is 15.6.